The molecular formula is C10H13IO3. The molecule has 0 aromatic rings. The van der Waals surface area contributed by atoms with Gasteiger partial charge in [-0.3, -0.25) is 0 Å². The summed E-state index contributed by atoms with van der Waals surface area (Å²) in [6.07, 6.45) is 3.47. The summed E-state index contributed by atoms with van der Waals surface area (Å²) in [6, 6.07) is 0. The van der Waals surface area contributed by atoms with Gasteiger partial charge in [-0.25, -0.2) is 4.79 Å². The molecule has 1 aliphatic heterocycles. The van der Waals surface area contributed by atoms with E-state index in [2.05, 4.69) is 22.6 Å². The minimum Gasteiger partial charge on any atom is -0.427 e. The van der Waals surface area contributed by atoms with Gasteiger partial charge in [0.25, 0.3) is 0 Å². The van der Waals surface area contributed by atoms with Crippen molar-refractivity contribution in [3.05, 3.63) is 0 Å². The van der Waals surface area contributed by atoms with Crippen LogP contribution < -0.4 is 0 Å². The SMILES string of the molecule is O=C1OC2C3CC(CCI)C(C3)C2O1. The third-order valence-corrected chi connectivity index (χ3v) is 4.56. The molecule has 0 amide bonds. The zero-order chi connectivity index (χ0) is 9.71. The first-order valence-electron chi connectivity index (χ1n) is 5.23. The van der Waals surface area contributed by atoms with Crippen molar-refractivity contribution in [1.82, 2.24) is 0 Å². The third kappa shape index (κ3) is 1.19. The summed E-state index contributed by atoms with van der Waals surface area (Å²) < 4.78 is 11.6. The molecule has 4 heteroatoms. The first kappa shape index (κ1) is 9.24. The van der Waals surface area contributed by atoms with Crippen LogP contribution in [0.1, 0.15) is 19.3 Å². The largest absolute Gasteiger partial charge is 0.509 e. The van der Waals surface area contributed by atoms with Gasteiger partial charge in [0.15, 0.2) is 0 Å². The van der Waals surface area contributed by atoms with Gasteiger partial charge in [-0.15, -0.1) is 0 Å². The second-order valence-electron chi connectivity index (χ2n) is 4.55. The van der Waals surface area contributed by atoms with E-state index in [1.165, 1.54) is 23.7 Å². The molecule has 78 valence electrons. The molecule has 3 aliphatic rings. The van der Waals surface area contributed by atoms with E-state index in [0.717, 1.165) is 5.92 Å². The number of hydrogen-bond acceptors (Lipinski definition) is 3. The Kier molecular flexibility index (Phi) is 2.15. The average molecular weight is 308 g/mol. The van der Waals surface area contributed by atoms with E-state index in [0.29, 0.717) is 11.8 Å². The van der Waals surface area contributed by atoms with Crippen LogP contribution in [0.5, 0.6) is 0 Å². The van der Waals surface area contributed by atoms with Crippen molar-refractivity contribution in [2.45, 2.75) is 31.5 Å². The maximum Gasteiger partial charge on any atom is 0.509 e. The van der Waals surface area contributed by atoms with Crippen LogP contribution in [0.4, 0.5) is 4.79 Å². The number of ether oxygens (including phenoxy) is 2. The van der Waals surface area contributed by atoms with Crippen LogP contribution in [0.15, 0.2) is 0 Å². The highest BCUT2D eigenvalue weighted by molar-refractivity contribution is 14.1. The van der Waals surface area contributed by atoms with Crippen molar-refractivity contribution in [3.8, 4) is 0 Å². The van der Waals surface area contributed by atoms with Crippen molar-refractivity contribution in [1.29, 1.82) is 0 Å². The highest BCUT2D eigenvalue weighted by atomic mass is 127. The van der Waals surface area contributed by atoms with Gasteiger partial charge >= 0.3 is 6.16 Å². The van der Waals surface area contributed by atoms with Gasteiger partial charge in [-0.1, -0.05) is 22.6 Å². The van der Waals surface area contributed by atoms with E-state index in [1.54, 1.807) is 0 Å². The Morgan fingerprint density at radius 1 is 1.29 bits per heavy atom. The van der Waals surface area contributed by atoms with Gasteiger partial charge in [0.2, 0.25) is 0 Å². The van der Waals surface area contributed by atoms with Gasteiger partial charge < -0.3 is 9.47 Å². The Labute approximate surface area is 96.7 Å². The maximum atomic E-state index is 11.0. The van der Waals surface area contributed by atoms with Gasteiger partial charge in [0, 0.05) is 11.8 Å². The van der Waals surface area contributed by atoms with Crippen molar-refractivity contribution in [2.75, 3.05) is 4.43 Å². The highest BCUT2D eigenvalue weighted by Gasteiger charge is 2.59. The summed E-state index contributed by atoms with van der Waals surface area (Å²) in [6.45, 7) is 0. The van der Waals surface area contributed by atoms with E-state index in [9.17, 15) is 4.79 Å². The van der Waals surface area contributed by atoms with E-state index >= 15 is 0 Å². The highest BCUT2D eigenvalue weighted by Crippen LogP contribution is 2.54. The first-order chi connectivity index (χ1) is 6.79. The van der Waals surface area contributed by atoms with E-state index in [4.69, 9.17) is 9.47 Å². The Morgan fingerprint density at radius 2 is 2.07 bits per heavy atom. The molecule has 3 rings (SSSR count). The van der Waals surface area contributed by atoms with Gasteiger partial charge in [-0.2, -0.15) is 0 Å². The van der Waals surface area contributed by atoms with Gasteiger partial charge in [-0.05, 0) is 29.6 Å². The molecule has 3 fully saturated rings. The van der Waals surface area contributed by atoms with Crippen LogP contribution in [0.3, 0.4) is 0 Å². The molecule has 0 aromatic carbocycles. The summed E-state index contributed by atoms with van der Waals surface area (Å²) in [5.74, 6) is 1.95. The van der Waals surface area contributed by atoms with Crippen LogP contribution in [-0.2, 0) is 9.47 Å². The number of alkyl halides is 1. The number of rotatable bonds is 2. The smallest absolute Gasteiger partial charge is 0.427 e. The van der Waals surface area contributed by atoms with E-state index < -0.39 is 6.16 Å². The molecule has 5 atom stereocenters. The van der Waals surface area contributed by atoms with E-state index in [1.807, 2.05) is 0 Å². The fourth-order valence-corrected chi connectivity index (χ4v) is 4.22. The molecule has 5 unspecified atom stereocenters. The lowest BCUT2D eigenvalue weighted by Gasteiger charge is -2.27. The lowest BCUT2D eigenvalue weighted by Crippen LogP contribution is -2.34. The molecule has 3 nitrogen and oxygen atoms in total. The van der Waals surface area contributed by atoms with Crippen LogP contribution in [0.25, 0.3) is 0 Å². The molecule has 1 heterocycles. The second kappa shape index (κ2) is 3.25. The summed E-state index contributed by atoms with van der Waals surface area (Å²) in [4.78, 5) is 11.0. The third-order valence-electron chi connectivity index (χ3n) is 3.94. The van der Waals surface area contributed by atoms with Gasteiger partial charge in [0.05, 0.1) is 0 Å². The van der Waals surface area contributed by atoms with Gasteiger partial charge in [0.1, 0.15) is 12.2 Å². The summed E-state index contributed by atoms with van der Waals surface area (Å²) >= 11 is 2.42. The molecule has 14 heavy (non-hydrogen) atoms. The zero-order valence-corrected chi connectivity index (χ0v) is 9.98. The van der Waals surface area contributed by atoms with Crippen molar-refractivity contribution < 1.29 is 14.3 Å². The monoisotopic (exact) mass is 308 g/mol. The molecule has 0 aromatic heterocycles. The Hall–Kier alpha value is -0.0000000000000000555. The Bertz CT molecular complexity index is 268. The minimum atomic E-state index is -0.440. The number of hydrogen-bond donors (Lipinski definition) is 0. The maximum absolute atomic E-state index is 11.0. The number of carbonyl (C=O) groups excluding carboxylic acids is 1. The predicted molar refractivity (Wildman–Crippen MR) is 58.4 cm³/mol. The van der Waals surface area contributed by atoms with Crippen LogP contribution in [-0.4, -0.2) is 22.8 Å². The molecule has 2 bridgehead atoms. The number of halogens is 1. The number of carbonyl (C=O) groups is 1. The molecule has 1 saturated heterocycles. The predicted octanol–water partition coefficient (Wildman–Crippen LogP) is 2.37. The van der Waals surface area contributed by atoms with Crippen LogP contribution in [0.2, 0.25) is 0 Å². The number of fused-ring (bicyclic) bond motifs is 5. The summed E-state index contributed by atoms with van der Waals surface area (Å²) in [5, 5.41) is 0. The summed E-state index contributed by atoms with van der Waals surface area (Å²) in [7, 11) is 0. The Balaban J connectivity index is 1.76. The molecule has 2 saturated carbocycles. The molecule has 0 spiro atoms. The molecule has 0 radical (unpaired) electrons. The van der Waals surface area contributed by atoms with Crippen LogP contribution in [0, 0.1) is 17.8 Å². The fourth-order valence-electron chi connectivity index (χ4n) is 3.42. The van der Waals surface area contributed by atoms with Crippen LogP contribution >= 0.6 is 22.6 Å². The quantitative estimate of drug-likeness (QED) is 0.446. The summed E-state index contributed by atoms with van der Waals surface area (Å²) in [5.41, 5.74) is 0. The van der Waals surface area contributed by atoms with Crippen molar-refractivity contribution in [2.24, 2.45) is 17.8 Å². The standard InChI is InChI=1S/C10H13IO3/c11-2-1-5-3-6-4-7(5)9-8(6)13-10(12)14-9/h5-9H,1-4H2. The normalized spacial score (nSPS) is 48.9. The van der Waals surface area contributed by atoms with E-state index in [-0.39, 0.29) is 12.2 Å². The van der Waals surface area contributed by atoms with Crippen molar-refractivity contribution >= 4 is 28.7 Å². The second-order valence-corrected chi connectivity index (χ2v) is 5.63. The first-order valence-corrected chi connectivity index (χ1v) is 6.75. The minimum absolute atomic E-state index is 0.0919. The topological polar surface area (TPSA) is 35.5 Å². The lowest BCUT2D eigenvalue weighted by atomic mass is 9.83. The lowest BCUT2D eigenvalue weighted by molar-refractivity contribution is 0.0686. The van der Waals surface area contributed by atoms with Crippen molar-refractivity contribution in [3.63, 3.8) is 0 Å². The zero-order valence-electron chi connectivity index (χ0n) is 7.82. The molecule has 0 N–H and O–H groups in total. The Morgan fingerprint density at radius 3 is 2.86 bits per heavy atom. The average Bonchev–Trinajstić information content (AvgIpc) is 2.74. The molecular weight excluding hydrogens is 295 g/mol. The molecule has 2 aliphatic carbocycles. The fraction of sp³-hybridized carbons (Fsp3) is 0.900.